The van der Waals surface area contributed by atoms with Gasteiger partial charge in [-0.2, -0.15) is 0 Å². The van der Waals surface area contributed by atoms with E-state index in [1.165, 1.54) is 0 Å². The molecule has 1 amide bonds. The van der Waals surface area contributed by atoms with Crippen molar-refractivity contribution in [3.05, 3.63) is 34.9 Å². The predicted octanol–water partition coefficient (Wildman–Crippen LogP) is 1.98. The van der Waals surface area contributed by atoms with Gasteiger partial charge < -0.3 is 11.1 Å². The van der Waals surface area contributed by atoms with Crippen LogP contribution >= 0.6 is 11.6 Å². The Morgan fingerprint density at radius 3 is 2.76 bits per heavy atom. The Balaban J connectivity index is 2.35. The highest BCUT2D eigenvalue weighted by Crippen LogP contribution is 2.10. The van der Waals surface area contributed by atoms with Crippen molar-refractivity contribution in [3.63, 3.8) is 0 Å². The Morgan fingerprint density at radius 1 is 1.47 bits per heavy atom. The summed E-state index contributed by atoms with van der Waals surface area (Å²) in [6.45, 7) is 4.45. The molecule has 17 heavy (non-hydrogen) atoms. The van der Waals surface area contributed by atoms with Crippen molar-refractivity contribution in [1.29, 1.82) is 0 Å². The highest BCUT2D eigenvalue weighted by molar-refractivity contribution is 6.30. The summed E-state index contributed by atoms with van der Waals surface area (Å²) in [4.78, 5) is 11.6. The number of nitrogens with two attached hydrogens (primary N) is 1. The molecule has 0 aliphatic heterocycles. The highest BCUT2D eigenvalue weighted by atomic mass is 35.5. The largest absolute Gasteiger partial charge is 0.354 e. The lowest BCUT2D eigenvalue weighted by atomic mass is 10.0. The number of carbonyl (C=O) groups is 1. The number of halogens is 1. The minimum absolute atomic E-state index is 0.0953. The standard InChI is InChI=1S/C13H19ClN2O/c1-9(2)12(15)13(17)16-7-6-10-4-3-5-11(14)8-10/h3-5,8-9,12H,6-7,15H2,1-2H3,(H,16,17)/t12-/m0/s1. The van der Waals surface area contributed by atoms with Crippen LogP contribution in [0.5, 0.6) is 0 Å². The zero-order chi connectivity index (χ0) is 12.8. The Hall–Kier alpha value is -1.06. The molecule has 1 aromatic rings. The summed E-state index contributed by atoms with van der Waals surface area (Å²) in [6, 6.07) is 7.18. The molecule has 1 atom stereocenters. The summed E-state index contributed by atoms with van der Waals surface area (Å²) in [7, 11) is 0. The van der Waals surface area contributed by atoms with Crippen molar-refractivity contribution >= 4 is 17.5 Å². The first-order valence-corrected chi connectivity index (χ1v) is 6.16. The van der Waals surface area contributed by atoms with Gasteiger partial charge in [0.1, 0.15) is 0 Å². The fraction of sp³-hybridized carbons (Fsp3) is 0.462. The Bertz CT molecular complexity index is 379. The minimum atomic E-state index is -0.436. The van der Waals surface area contributed by atoms with Gasteiger partial charge in [-0.25, -0.2) is 0 Å². The van der Waals surface area contributed by atoms with Crippen LogP contribution in [0.2, 0.25) is 5.02 Å². The van der Waals surface area contributed by atoms with Gasteiger partial charge in [-0.1, -0.05) is 37.6 Å². The second kappa shape index (κ2) is 6.62. The van der Waals surface area contributed by atoms with E-state index < -0.39 is 6.04 Å². The van der Waals surface area contributed by atoms with E-state index in [4.69, 9.17) is 17.3 Å². The second-order valence-corrected chi connectivity index (χ2v) is 4.88. The fourth-order valence-corrected chi connectivity index (χ4v) is 1.66. The molecule has 0 fully saturated rings. The zero-order valence-electron chi connectivity index (χ0n) is 10.2. The average Bonchev–Trinajstić information content (AvgIpc) is 2.27. The quantitative estimate of drug-likeness (QED) is 0.844. The van der Waals surface area contributed by atoms with Crippen molar-refractivity contribution in [3.8, 4) is 0 Å². The van der Waals surface area contributed by atoms with Crippen LogP contribution in [-0.4, -0.2) is 18.5 Å². The van der Waals surface area contributed by atoms with E-state index in [-0.39, 0.29) is 11.8 Å². The molecule has 3 nitrogen and oxygen atoms in total. The third-order valence-electron chi connectivity index (χ3n) is 2.62. The van der Waals surface area contributed by atoms with E-state index in [0.29, 0.717) is 11.6 Å². The molecule has 0 spiro atoms. The molecule has 94 valence electrons. The summed E-state index contributed by atoms with van der Waals surface area (Å²) in [6.07, 6.45) is 0.761. The molecule has 0 saturated heterocycles. The van der Waals surface area contributed by atoms with Crippen molar-refractivity contribution < 1.29 is 4.79 Å². The number of nitrogens with one attached hydrogen (secondary N) is 1. The van der Waals surface area contributed by atoms with Crippen molar-refractivity contribution in [2.75, 3.05) is 6.54 Å². The van der Waals surface area contributed by atoms with E-state index >= 15 is 0 Å². The fourth-order valence-electron chi connectivity index (χ4n) is 1.44. The summed E-state index contributed by atoms with van der Waals surface area (Å²) < 4.78 is 0. The molecule has 0 aromatic heterocycles. The topological polar surface area (TPSA) is 55.1 Å². The van der Waals surface area contributed by atoms with Crippen LogP contribution in [0.4, 0.5) is 0 Å². The SMILES string of the molecule is CC(C)[C@H](N)C(=O)NCCc1cccc(Cl)c1. The third kappa shape index (κ3) is 4.75. The maximum Gasteiger partial charge on any atom is 0.237 e. The number of benzene rings is 1. The maximum atomic E-state index is 11.6. The molecule has 0 saturated carbocycles. The first-order chi connectivity index (χ1) is 8.00. The summed E-state index contributed by atoms with van der Waals surface area (Å²) in [5.41, 5.74) is 6.84. The van der Waals surface area contributed by atoms with Crippen LogP contribution in [0.25, 0.3) is 0 Å². The van der Waals surface area contributed by atoms with Gasteiger partial charge >= 0.3 is 0 Å². The van der Waals surface area contributed by atoms with Crippen molar-refractivity contribution in [2.24, 2.45) is 11.7 Å². The smallest absolute Gasteiger partial charge is 0.237 e. The molecule has 3 N–H and O–H groups in total. The van der Waals surface area contributed by atoms with E-state index in [1.807, 2.05) is 38.1 Å². The van der Waals surface area contributed by atoms with Crippen molar-refractivity contribution in [1.82, 2.24) is 5.32 Å². The number of amides is 1. The summed E-state index contributed by atoms with van der Waals surface area (Å²) in [5, 5.41) is 3.54. The van der Waals surface area contributed by atoms with Gasteiger partial charge in [-0.05, 0) is 30.0 Å². The molecule has 0 radical (unpaired) electrons. The van der Waals surface area contributed by atoms with E-state index in [0.717, 1.165) is 12.0 Å². The molecule has 0 unspecified atom stereocenters. The zero-order valence-corrected chi connectivity index (χ0v) is 11.0. The molecular weight excluding hydrogens is 236 g/mol. The van der Waals surface area contributed by atoms with Crippen molar-refractivity contribution in [2.45, 2.75) is 26.3 Å². The van der Waals surface area contributed by atoms with Crippen LogP contribution < -0.4 is 11.1 Å². The first-order valence-electron chi connectivity index (χ1n) is 5.78. The third-order valence-corrected chi connectivity index (χ3v) is 2.86. The number of carbonyl (C=O) groups excluding carboxylic acids is 1. The Labute approximate surface area is 107 Å². The number of hydrogen-bond donors (Lipinski definition) is 2. The van der Waals surface area contributed by atoms with Gasteiger partial charge in [0.05, 0.1) is 6.04 Å². The first kappa shape index (κ1) is 14.0. The van der Waals surface area contributed by atoms with Gasteiger partial charge in [0.25, 0.3) is 0 Å². The van der Waals surface area contributed by atoms with Crippen LogP contribution in [0.15, 0.2) is 24.3 Å². The van der Waals surface area contributed by atoms with Crippen LogP contribution in [-0.2, 0) is 11.2 Å². The molecule has 4 heteroatoms. The molecule has 1 rings (SSSR count). The lowest BCUT2D eigenvalue weighted by molar-refractivity contribution is -0.123. The lowest BCUT2D eigenvalue weighted by Crippen LogP contribution is -2.44. The van der Waals surface area contributed by atoms with E-state index in [9.17, 15) is 4.79 Å². The maximum absolute atomic E-state index is 11.6. The molecule has 0 heterocycles. The van der Waals surface area contributed by atoms with Crippen LogP contribution in [0.1, 0.15) is 19.4 Å². The Morgan fingerprint density at radius 2 is 2.18 bits per heavy atom. The summed E-state index contributed by atoms with van der Waals surface area (Å²) >= 11 is 5.87. The van der Waals surface area contributed by atoms with Gasteiger partial charge in [-0.3, -0.25) is 4.79 Å². The second-order valence-electron chi connectivity index (χ2n) is 4.44. The Kier molecular flexibility index (Phi) is 5.45. The van der Waals surface area contributed by atoms with Gasteiger partial charge in [-0.15, -0.1) is 0 Å². The van der Waals surface area contributed by atoms with Gasteiger partial charge in [0.15, 0.2) is 0 Å². The number of hydrogen-bond acceptors (Lipinski definition) is 2. The van der Waals surface area contributed by atoms with Crippen LogP contribution in [0.3, 0.4) is 0 Å². The van der Waals surface area contributed by atoms with Crippen LogP contribution in [0, 0.1) is 5.92 Å². The lowest BCUT2D eigenvalue weighted by Gasteiger charge is -2.15. The van der Waals surface area contributed by atoms with Gasteiger partial charge in [0.2, 0.25) is 5.91 Å². The minimum Gasteiger partial charge on any atom is -0.354 e. The molecular formula is C13H19ClN2O. The molecule has 1 aromatic carbocycles. The summed E-state index contributed by atoms with van der Waals surface area (Å²) in [5.74, 6) is 0.0585. The monoisotopic (exact) mass is 254 g/mol. The number of rotatable bonds is 5. The normalized spacial score (nSPS) is 12.5. The van der Waals surface area contributed by atoms with E-state index in [2.05, 4.69) is 5.32 Å². The van der Waals surface area contributed by atoms with Gasteiger partial charge in [0, 0.05) is 11.6 Å². The molecule has 0 aliphatic carbocycles. The average molecular weight is 255 g/mol. The molecule has 0 bridgehead atoms. The predicted molar refractivity (Wildman–Crippen MR) is 71.0 cm³/mol. The highest BCUT2D eigenvalue weighted by Gasteiger charge is 2.16. The van der Waals surface area contributed by atoms with E-state index in [1.54, 1.807) is 0 Å². The molecule has 0 aliphatic rings.